The van der Waals surface area contributed by atoms with Crippen LogP contribution >= 0.6 is 11.6 Å². The Morgan fingerprint density at radius 1 is 0.833 bits per heavy atom. The van der Waals surface area contributed by atoms with Crippen molar-refractivity contribution >= 4 is 54.0 Å². The second-order valence-electron chi connectivity index (χ2n) is 7.87. The number of nitrogens with zero attached hydrogens (tertiary/aromatic N) is 2. The van der Waals surface area contributed by atoms with Gasteiger partial charge in [0.15, 0.2) is 0 Å². The molecule has 5 aromatic rings. The molecule has 5 rings (SSSR count). The van der Waals surface area contributed by atoms with Crippen LogP contribution in [0.5, 0.6) is 0 Å². The first kappa shape index (κ1) is 23.9. The quantitative estimate of drug-likeness (QED) is 0.295. The average Bonchev–Trinajstić information content (AvgIpc) is 3.47. The number of fused-ring (bicyclic) bond motifs is 1. The zero-order valence-corrected chi connectivity index (χ0v) is 21.1. The van der Waals surface area contributed by atoms with Crippen LogP contribution in [0.2, 0.25) is 5.02 Å². The van der Waals surface area contributed by atoms with Crippen molar-refractivity contribution in [1.82, 2.24) is 9.78 Å². The standard InChI is InChI=1S/C24H19ClN4O5S2/c1-29-22(11-12-26-29)16-6-4-7-19(13-16)35(30,31)27-20-10-9-18(25)15-21(20)28-36(32,33)24-14-17-5-2-3-8-23(17)34-24/h2-15,27-28H,1H3. The first-order valence-corrected chi connectivity index (χ1v) is 13.9. The molecule has 0 amide bonds. The molecule has 2 heterocycles. The molecule has 0 saturated carbocycles. The Hall–Kier alpha value is -3.80. The SMILES string of the molecule is Cn1nccc1-c1cccc(S(=O)(=O)Nc2ccc(Cl)cc2NS(=O)(=O)c2cc3ccccc3o2)c1. The molecule has 0 aliphatic rings. The monoisotopic (exact) mass is 542 g/mol. The lowest BCUT2D eigenvalue weighted by molar-refractivity contribution is 0.484. The number of para-hydroxylation sites is 1. The molecular weight excluding hydrogens is 524 g/mol. The summed E-state index contributed by atoms with van der Waals surface area (Å²) >= 11 is 6.09. The Balaban J connectivity index is 1.48. The summed E-state index contributed by atoms with van der Waals surface area (Å²) < 4.78 is 64.5. The van der Waals surface area contributed by atoms with Crippen molar-refractivity contribution in [2.24, 2.45) is 7.05 Å². The molecule has 0 aliphatic carbocycles. The first-order valence-electron chi connectivity index (χ1n) is 10.5. The van der Waals surface area contributed by atoms with Crippen molar-refractivity contribution in [3.63, 3.8) is 0 Å². The van der Waals surface area contributed by atoms with Gasteiger partial charge in [0.05, 0.1) is 22.0 Å². The minimum absolute atomic E-state index is 0.00924. The number of anilines is 2. The maximum Gasteiger partial charge on any atom is 0.295 e. The van der Waals surface area contributed by atoms with Gasteiger partial charge in [-0.2, -0.15) is 13.5 Å². The highest BCUT2D eigenvalue weighted by Crippen LogP contribution is 2.32. The summed E-state index contributed by atoms with van der Waals surface area (Å²) in [5.41, 5.74) is 1.72. The lowest BCUT2D eigenvalue weighted by Crippen LogP contribution is -2.17. The molecule has 0 spiro atoms. The number of hydrogen-bond acceptors (Lipinski definition) is 6. The number of aryl methyl sites for hydroxylation is 1. The normalized spacial score (nSPS) is 12.1. The lowest BCUT2D eigenvalue weighted by Gasteiger charge is -2.15. The molecule has 9 nitrogen and oxygen atoms in total. The molecule has 0 bridgehead atoms. The third-order valence-electron chi connectivity index (χ3n) is 5.40. The Morgan fingerprint density at radius 2 is 1.61 bits per heavy atom. The molecule has 2 N–H and O–H groups in total. The molecule has 2 aromatic heterocycles. The van der Waals surface area contributed by atoms with Crippen molar-refractivity contribution in [3.05, 3.63) is 90.1 Å². The second kappa shape index (κ2) is 9.01. The predicted octanol–water partition coefficient (Wildman–Crippen LogP) is 5.09. The molecule has 0 saturated heterocycles. The smallest absolute Gasteiger partial charge is 0.295 e. The number of rotatable bonds is 7. The highest BCUT2D eigenvalue weighted by molar-refractivity contribution is 7.93. The Bertz CT molecular complexity index is 1780. The maximum atomic E-state index is 13.2. The van der Waals surface area contributed by atoms with Gasteiger partial charge in [-0.15, -0.1) is 0 Å². The summed E-state index contributed by atoms with van der Waals surface area (Å²) in [6.45, 7) is 0. The Labute approximate surface area is 212 Å². The molecule has 0 fully saturated rings. The second-order valence-corrected chi connectivity index (χ2v) is 11.6. The lowest BCUT2D eigenvalue weighted by atomic mass is 10.1. The topological polar surface area (TPSA) is 123 Å². The van der Waals surface area contributed by atoms with E-state index in [0.29, 0.717) is 16.5 Å². The third-order valence-corrected chi connectivity index (χ3v) is 8.22. The molecular formula is C24H19ClN4O5S2. The number of benzene rings is 3. The number of nitrogens with one attached hydrogen (secondary N) is 2. The highest BCUT2D eigenvalue weighted by Gasteiger charge is 2.23. The van der Waals surface area contributed by atoms with Crippen molar-refractivity contribution in [2.45, 2.75) is 9.99 Å². The summed E-state index contributed by atoms with van der Waals surface area (Å²) in [5, 5.41) is 4.61. The van der Waals surface area contributed by atoms with Crippen molar-refractivity contribution < 1.29 is 21.3 Å². The van der Waals surface area contributed by atoms with Crippen LogP contribution in [0.15, 0.2) is 99.5 Å². The van der Waals surface area contributed by atoms with E-state index in [4.69, 9.17) is 16.0 Å². The van der Waals surface area contributed by atoms with E-state index in [2.05, 4.69) is 14.5 Å². The predicted molar refractivity (Wildman–Crippen MR) is 138 cm³/mol. The molecule has 184 valence electrons. The average molecular weight is 543 g/mol. The number of aromatic nitrogens is 2. The Morgan fingerprint density at radius 3 is 2.36 bits per heavy atom. The molecule has 0 unspecified atom stereocenters. The van der Waals surface area contributed by atoms with Gasteiger partial charge in [0.25, 0.3) is 20.0 Å². The van der Waals surface area contributed by atoms with E-state index in [-0.39, 0.29) is 26.4 Å². The maximum absolute atomic E-state index is 13.2. The number of sulfonamides is 2. The zero-order chi connectivity index (χ0) is 25.5. The van der Waals surface area contributed by atoms with E-state index in [1.54, 1.807) is 60.4 Å². The van der Waals surface area contributed by atoms with E-state index >= 15 is 0 Å². The van der Waals surface area contributed by atoms with E-state index in [1.165, 1.54) is 36.4 Å². The fraction of sp³-hybridized carbons (Fsp3) is 0.0417. The molecule has 0 aliphatic heterocycles. The Kier molecular flexibility index (Phi) is 5.99. The molecule has 3 aromatic carbocycles. The van der Waals surface area contributed by atoms with Gasteiger partial charge in [-0.05, 0) is 42.5 Å². The van der Waals surface area contributed by atoms with Crippen molar-refractivity contribution in [3.8, 4) is 11.3 Å². The third kappa shape index (κ3) is 4.68. The van der Waals surface area contributed by atoms with Crippen molar-refractivity contribution in [1.29, 1.82) is 0 Å². The fourth-order valence-corrected chi connectivity index (χ4v) is 6.00. The minimum Gasteiger partial charge on any atom is -0.443 e. The highest BCUT2D eigenvalue weighted by atomic mass is 35.5. The van der Waals surface area contributed by atoms with Gasteiger partial charge in [0.1, 0.15) is 5.58 Å². The largest absolute Gasteiger partial charge is 0.443 e. The number of furan rings is 1. The summed E-state index contributed by atoms with van der Waals surface area (Å²) in [4.78, 5) is -0.0118. The molecule has 12 heteroatoms. The summed E-state index contributed by atoms with van der Waals surface area (Å²) in [6, 6.07) is 20.5. The minimum atomic E-state index is -4.20. The number of hydrogen-bond donors (Lipinski definition) is 2. The van der Waals surface area contributed by atoms with Crippen LogP contribution in [-0.4, -0.2) is 26.6 Å². The van der Waals surface area contributed by atoms with Crippen LogP contribution < -0.4 is 9.44 Å². The van der Waals surface area contributed by atoms with Gasteiger partial charge < -0.3 is 4.42 Å². The first-order chi connectivity index (χ1) is 17.1. The molecule has 36 heavy (non-hydrogen) atoms. The van der Waals surface area contributed by atoms with Gasteiger partial charge >= 0.3 is 0 Å². The molecule has 0 radical (unpaired) electrons. The van der Waals surface area contributed by atoms with Crippen LogP contribution in [0.3, 0.4) is 0 Å². The van der Waals surface area contributed by atoms with Crippen LogP contribution in [-0.2, 0) is 27.1 Å². The fourth-order valence-electron chi connectivity index (χ4n) is 3.66. The molecule has 0 atom stereocenters. The van der Waals surface area contributed by atoms with Crippen LogP contribution in [0.1, 0.15) is 0 Å². The van der Waals surface area contributed by atoms with Gasteiger partial charge in [0.2, 0.25) is 5.09 Å². The van der Waals surface area contributed by atoms with Crippen LogP contribution in [0, 0.1) is 0 Å². The summed E-state index contributed by atoms with van der Waals surface area (Å²) in [6.07, 6.45) is 1.61. The van der Waals surface area contributed by atoms with Gasteiger partial charge in [-0.3, -0.25) is 14.1 Å². The van der Waals surface area contributed by atoms with E-state index in [9.17, 15) is 16.8 Å². The van der Waals surface area contributed by atoms with Crippen LogP contribution in [0.4, 0.5) is 11.4 Å². The van der Waals surface area contributed by atoms with Gasteiger partial charge in [-0.25, -0.2) is 8.42 Å². The zero-order valence-electron chi connectivity index (χ0n) is 18.7. The van der Waals surface area contributed by atoms with Gasteiger partial charge in [0, 0.05) is 35.3 Å². The number of halogens is 1. The van der Waals surface area contributed by atoms with Gasteiger partial charge in [-0.1, -0.05) is 41.9 Å². The van der Waals surface area contributed by atoms with E-state index in [1.807, 2.05) is 0 Å². The van der Waals surface area contributed by atoms with Crippen molar-refractivity contribution in [2.75, 3.05) is 9.44 Å². The summed E-state index contributed by atoms with van der Waals surface area (Å²) in [7, 11) is -6.54. The van der Waals surface area contributed by atoms with E-state index in [0.717, 1.165) is 5.69 Å². The van der Waals surface area contributed by atoms with Crippen LogP contribution in [0.25, 0.3) is 22.2 Å². The van der Waals surface area contributed by atoms with E-state index < -0.39 is 20.0 Å². The summed E-state index contributed by atoms with van der Waals surface area (Å²) in [5.74, 6) is 0.